The Bertz CT molecular complexity index is 691. The molecule has 1 aromatic heterocycles. The Kier molecular flexibility index (Phi) is 5.53. The van der Waals surface area contributed by atoms with Crippen molar-refractivity contribution in [3.05, 3.63) is 48.2 Å². The van der Waals surface area contributed by atoms with E-state index in [9.17, 15) is 4.79 Å². The second-order valence-corrected chi connectivity index (χ2v) is 6.46. The van der Waals surface area contributed by atoms with Crippen molar-refractivity contribution in [3.63, 3.8) is 0 Å². The molecule has 2 aromatic rings. The van der Waals surface area contributed by atoms with Gasteiger partial charge in [-0.3, -0.25) is 4.79 Å². The minimum atomic E-state index is -0.135. The van der Waals surface area contributed by atoms with Gasteiger partial charge in [0.25, 0.3) is 5.91 Å². The molecule has 1 aliphatic rings. The molecule has 1 N–H and O–H groups in total. The average Bonchev–Trinajstić information content (AvgIpc) is 2.68. The molecule has 1 amide bonds. The standard InChI is InChI=1S/C20H26N4O/c1-3-23(2)17-9-7-16(8-10-17)20(25)22-19-12-11-18(15-21-19)24-13-5-4-6-14-24/h7-12,15H,3-6,13-14H2,1-2H3,(H,21,22,25). The fourth-order valence-electron chi connectivity index (χ4n) is 3.04. The second kappa shape index (κ2) is 8.01. The van der Waals surface area contributed by atoms with Crippen LogP contribution in [-0.4, -0.2) is 37.6 Å². The van der Waals surface area contributed by atoms with Gasteiger partial charge in [0.1, 0.15) is 5.82 Å². The average molecular weight is 338 g/mol. The Labute approximate surface area is 149 Å². The number of hydrogen-bond donors (Lipinski definition) is 1. The summed E-state index contributed by atoms with van der Waals surface area (Å²) in [5, 5.41) is 2.87. The molecule has 1 aromatic carbocycles. The summed E-state index contributed by atoms with van der Waals surface area (Å²) < 4.78 is 0. The summed E-state index contributed by atoms with van der Waals surface area (Å²) in [5.41, 5.74) is 2.86. The fraction of sp³-hybridized carbons (Fsp3) is 0.400. The van der Waals surface area contributed by atoms with E-state index < -0.39 is 0 Å². The summed E-state index contributed by atoms with van der Waals surface area (Å²) in [6.45, 7) is 5.20. The van der Waals surface area contributed by atoms with Crippen LogP contribution in [0.15, 0.2) is 42.6 Å². The van der Waals surface area contributed by atoms with Crippen LogP contribution in [0.25, 0.3) is 0 Å². The minimum Gasteiger partial charge on any atom is -0.375 e. The number of benzene rings is 1. The molecule has 5 nitrogen and oxygen atoms in total. The van der Waals surface area contributed by atoms with E-state index in [1.54, 1.807) is 0 Å². The Morgan fingerprint density at radius 3 is 2.44 bits per heavy atom. The van der Waals surface area contributed by atoms with Crippen LogP contribution in [0.5, 0.6) is 0 Å². The minimum absolute atomic E-state index is 0.135. The molecule has 0 spiro atoms. The second-order valence-electron chi connectivity index (χ2n) is 6.46. The smallest absolute Gasteiger partial charge is 0.256 e. The van der Waals surface area contributed by atoms with Crippen molar-refractivity contribution < 1.29 is 4.79 Å². The summed E-state index contributed by atoms with van der Waals surface area (Å²) in [7, 11) is 2.03. The topological polar surface area (TPSA) is 48.5 Å². The van der Waals surface area contributed by atoms with Gasteiger partial charge in [0.2, 0.25) is 0 Å². The number of piperidine rings is 1. The van der Waals surface area contributed by atoms with Crippen molar-refractivity contribution in [1.82, 2.24) is 4.98 Å². The van der Waals surface area contributed by atoms with Gasteiger partial charge in [-0.05, 0) is 62.6 Å². The molecule has 0 radical (unpaired) electrons. The molecule has 0 atom stereocenters. The van der Waals surface area contributed by atoms with E-state index in [4.69, 9.17) is 0 Å². The van der Waals surface area contributed by atoms with Crippen LogP contribution in [0.2, 0.25) is 0 Å². The maximum absolute atomic E-state index is 12.4. The van der Waals surface area contributed by atoms with Gasteiger partial charge < -0.3 is 15.1 Å². The van der Waals surface area contributed by atoms with Crippen LogP contribution >= 0.6 is 0 Å². The summed E-state index contributed by atoms with van der Waals surface area (Å²) in [5.74, 6) is 0.449. The monoisotopic (exact) mass is 338 g/mol. The number of carbonyl (C=O) groups is 1. The molecule has 1 aliphatic heterocycles. The van der Waals surface area contributed by atoms with Crippen molar-refractivity contribution in [1.29, 1.82) is 0 Å². The van der Waals surface area contributed by atoms with Gasteiger partial charge in [-0.2, -0.15) is 0 Å². The summed E-state index contributed by atoms with van der Waals surface area (Å²) in [6, 6.07) is 11.5. The Hall–Kier alpha value is -2.56. The Morgan fingerprint density at radius 2 is 1.84 bits per heavy atom. The largest absolute Gasteiger partial charge is 0.375 e. The van der Waals surface area contributed by atoms with Crippen LogP contribution < -0.4 is 15.1 Å². The van der Waals surface area contributed by atoms with E-state index in [2.05, 4.69) is 27.0 Å². The van der Waals surface area contributed by atoms with Crippen molar-refractivity contribution in [3.8, 4) is 0 Å². The number of rotatable bonds is 5. The van der Waals surface area contributed by atoms with Crippen molar-refractivity contribution in [2.45, 2.75) is 26.2 Å². The van der Waals surface area contributed by atoms with E-state index in [0.29, 0.717) is 11.4 Å². The van der Waals surface area contributed by atoms with E-state index in [-0.39, 0.29) is 5.91 Å². The predicted octanol–water partition coefficient (Wildman–Crippen LogP) is 3.78. The van der Waals surface area contributed by atoms with Crippen molar-refractivity contribution in [2.24, 2.45) is 0 Å². The van der Waals surface area contributed by atoms with E-state index in [1.807, 2.05) is 49.6 Å². The third kappa shape index (κ3) is 4.29. The van der Waals surface area contributed by atoms with Crippen LogP contribution in [-0.2, 0) is 0 Å². The normalized spacial score (nSPS) is 14.2. The number of amides is 1. The lowest BCUT2D eigenvalue weighted by atomic mass is 10.1. The molecule has 1 fully saturated rings. The molecule has 3 rings (SSSR count). The van der Waals surface area contributed by atoms with Crippen molar-refractivity contribution in [2.75, 3.05) is 41.8 Å². The molecule has 0 saturated carbocycles. The Balaban J connectivity index is 1.62. The summed E-state index contributed by atoms with van der Waals surface area (Å²) >= 11 is 0. The SMILES string of the molecule is CCN(C)c1ccc(C(=O)Nc2ccc(N3CCCCC3)cn2)cc1. The molecular formula is C20H26N4O. The van der Waals surface area contributed by atoms with Crippen LogP contribution in [0.4, 0.5) is 17.2 Å². The third-order valence-corrected chi connectivity index (χ3v) is 4.76. The highest BCUT2D eigenvalue weighted by Crippen LogP contribution is 2.20. The fourth-order valence-corrected chi connectivity index (χ4v) is 3.04. The molecule has 0 unspecified atom stereocenters. The quantitative estimate of drug-likeness (QED) is 0.901. The van der Waals surface area contributed by atoms with Gasteiger partial charge in [0.05, 0.1) is 11.9 Å². The lowest BCUT2D eigenvalue weighted by Crippen LogP contribution is -2.29. The first-order valence-electron chi connectivity index (χ1n) is 9.01. The number of nitrogens with zero attached hydrogens (tertiary/aromatic N) is 3. The lowest BCUT2D eigenvalue weighted by molar-refractivity contribution is 0.102. The number of aromatic nitrogens is 1. The van der Waals surface area contributed by atoms with Gasteiger partial charge >= 0.3 is 0 Å². The molecular weight excluding hydrogens is 312 g/mol. The van der Waals surface area contributed by atoms with Crippen molar-refractivity contribution >= 4 is 23.1 Å². The zero-order valence-corrected chi connectivity index (χ0v) is 15.0. The number of anilines is 3. The number of pyridine rings is 1. The first kappa shape index (κ1) is 17.3. The van der Waals surface area contributed by atoms with Crippen LogP contribution in [0, 0.1) is 0 Å². The Morgan fingerprint density at radius 1 is 1.12 bits per heavy atom. The molecule has 1 saturated heterocycles. The van der Waals surface area contributed by atoms with Gasteiger partial charge in [-0.15, -0.1) is 0 Å². The first-order chi connectivity index (χ1) is 12.2. The lowest BCUT2D eigenvalue weighted by Gasteiger charge is -2.28. The van der Waals surface area contributed by atoms with Crippen LogP contribution in [0.3, 0.4) is 0 Å². The van der Waals surface area contributed by atoms with Crippen LogP contribution in [0.1, 0.15) is 36.5 Å². The maximum atomic E-state index is 12.4. The molecule has 2 heterocycles. The number of hydrogen-bond acceptors (Lipinski definition) is 4. The highest BCUT2D eigenvalue weighted by molar-refractivity contribution is 6.04. The van der Waals surface area contributed by atoms with E-state index >= 15 is 0 Å². The first-order valence-corrected chi connectivity index (χ1v) is 9.01. The van der Waals surface area contributed by atoms with Gasteiger partial charge in [0, 0.05) is 37.9 Å². The molecule has 25 heavy (non-hydrogen) atoms. The van der Waals surface area contributed by atoms with Gasteiger partial charge in [-0.25, -0.2) is 4.98 Å². The number of carbonyl (C=O) groups excluding carboxylic acids is 1. The van der Waals surface area contributed by atoms with Gasteiger partial charge in [0.15, 0.2) is 0 Å². The zero-order valence-electron chi connectivity index (χ0n) is 15.0. The van der Waals surface area contributed by atoms with Gasteiger partial charge in [-0.1, -0.05) is 0 Å². The molecule has 132 valence electrons. The maximum Gasteiger partial charge on any atom is 0.256 e. The highest BCUT2D eigenvalue weighted by Gasteiger charge is 2.12. The summed E-state index contributed by atoms with van der Waals surface area (Å²) in [6.07, 6.45) is 5.63. The molecule has 0 aliphatic carbocycles. The zero-order chi connectivity index (χ0) is 17.6. The summed E-state index contributed by atoms with van der Waals surface area (Å²) in [4.78, 5) is 21.3. The molecule has 0 bridgehead atoms. The van der Waals surface area contributed by atoms with E-state index in [1.165, 1.54) is 19.3 Å². The molecule has 5 heteroatoms. The number of nitrogens with one attached hydrogen (secondary N) is 1. The third-order valence-electron chi connectivity index (χ3n) is 4.76. The predicted molar refractivity (Wildman–Crippen MR) is 104 cm³/mol. The highest BCUT2D eigenvalue weighted by atomic mass is 16.1. The van der Waals surface area contributed by atoms with E-state index in [0.717, 1.165) is 31.0 Å².